The van der Waals surface area contributed by atoms with E-state index < -0.39 is 0 Å². The molecule has 1 aromatic heterocycles. The molecule has 0 fully saturated rings. The molecule has 3 nitrogen and oxygen atoms in total. The molecular weight excluding hydrogens is 264 g/mol. The van der Waals surface area contributed by atoms with E-state index in [1.807, 2.05) is 50.2 Å². The molecule has 0 bridgehead atoms. The third-order valence-electron chi connectivity index (χ3n) is 3.72. The maximum absolute atomic E-state index is 12.3. The topological polar surface area (TPSA) is 39.4 Å². The molecule has 2 aromatic carbocycles. The zero-order valence-corrected chi connectivity index (χ0v) is 12.3. The van der Waals surface area contributed by atoms with Crippen molar-refractivity contribution in [2.24, 2.45) is 0 Å². The van der Waals surface area contributed by atoms with Crippen LogP contribution in [0.4, 0.5) is 0 Å². The van der Waals surface area contributed by atoms with Crippen molar-refractivity contribution in [3.8, 4) is 17.1 Å². The van der Waals surface area contributed by atoms with Gasteiger partial charge in [-0.2, -0.15) is 0 Å². The number of hydrogen-bond donors (Lipinski definition) is 0. The van der Waals surface area contributed by atoms with Gasteiger partial charge in [0.1, 0.15) is 17.1 Å². The van der Waals surface area contributed by atoms with Gasteiger partial charge in [-0.05, 0) is 49.2 Å². The molecule has 0 amide bonds. The first-order chi connectivity index (χ1) is 10.1. The lowest BCUT2D eigenvalue weighted by atomic mass is 10.1. The Hall–Kier alpha value is -2.55. The highest BCUT2D eigenvalue weighted by Gasteiger charge is 2.11. The van der Waals surface area contributed by atoms with E-state index in [4.69, 9.17) is 9.15 Å². The van der Waals surface area contributed by atoms with E-state index in [9.17, 15) is 4.79 Å². The third kappa shape index (κ3) is 2.31. The summed E-state index contributed by atoms with van der Waals surface area (Å²) in [6, 6.07) is 12.8. The van der Waals surface area contributed by atoms with Gasteiger partial charge in [0.05, 0.1) is 18.1 Å². The normalized spacial score (nSPS) is 10.8. The number of para-hydroxylation sites is 1. The molecule has 0 aliphatic heterocycles. The van der Waals surface area contributed by atoms with Crippen LogP contribution in [0.15, 0.2) is 51.7 Å². The Morgan fingerprint density at radius 1 is 1.00 bits per heavy atom. The first-order valence-corrected chi connectivity index (χ1v) is 6.78. The van der Waals surface area contributed by atoms with Crippen LogP contribution >= 0.6 is 0 Å². The molecule has 0 saturated heterocycles. The Labute approximate surface area is 122 Å². The largest absolute Gasteiger partial charge is 0.496 e. The summed E-state index contributed by atoms with van der Waals surface area (Å²) in [5, 5.41) is 0.608. The molecule has 0 aliphatic carbocycles. The van der Waals surface area contributed by atoms with Gasteiger partial charge >= 0.3 is 0 Å². The van der Waals surface area contributed by atoms with Gasteiger partial charge in [0, 0.05) is 6.07 Å². The van der Waals surface area contributed by atoms with Gasteiger partial charge in [0.25, 0.3) is 0 Å². The second-order valence-electron chi connectivity index (χ2n) is 5.11. The van der Waals surface area contributed by atoms with Crippen molar-refractivity contribution < 1.29 is 9.15 Å². The molecular formula is C18H16O3. The summed E-state index contributed by atoms with van der Waals surface area (Å²) in [6.07, 6.45) is 0. The monoisotopic (exact) mass is 280 g/mol. The Morgan fingerprint density at radius 3 is 2.48 bits per heavy atom. The van der Waals surface area contributed by atoms with E-state index in [1.54, 1.807) is 7.11 Å². The first-order valence-electron chi connectivity index (χ1n) is 6.78. The zero-order chi connectivity index (χ0) is 15.0. The van der Waals surface area contributed by atoms with Crippen molar-refractivity contribution in [3.05, 3.63) is 63.8 Å². The van der Waals surface area contributed by atoms with Crippen LogP contribution in [-0.2, 0) is 0 Å². The first kappa shape index (κ1) is 13.4. The summed E-state index contributed by atoms with van der Waals surface area (Å²) >= 11 is 0. The van der Waals surface area contributed by atoms with E-state index in [1.165, 1.54) is 6.07 Å². The van der Waals surface area contributed by atoms with Gasteiger partial charge in [0.15, 0.2) is 5.43 Å². The molecule has 0 aliphatic rings. The minimum atomic E-state index is -0.0414. The summed E-state index contributed by atoms with van der Waals surface area (Å²) in [5.74, 6) is 1.21. The highest BCUT2D eigenvalue weighted by Crippen LogP contribution is 2.30. The molecule has 106 valence electrons. The van der Waals surface area contributed by atoms with Gasteiger partial charge in [0.2, 0.25) is 0 Å². The Morgan fingerprint density at radius 2 is 1.71 bits per heavy atom. The van der Waals surface area contributed by atoms with Crippen molar-refractivity contribution in [2.45, 2.75) is 13.8 Å². The van der Waals surface area contributed by atoms with E-state index in [0.29, 0.717) is 22.5 Å². The number of hydrogen-bond acceptors (Lipinski definition) is 3. The van der Waals surface area contributed by atoms with E-state index in [-0.39, 0.29) is 5.43 Å². The molecule has 0 N–H and O–H groups in total. The van der Waals surface area contributed by atoms with E-state index in [2.05, 4.69) is 0 Å². The number of rotatable bonds is 2. The molecule has 0 atom stereocenters. The van der Waals surface area contributed by atoms with E-state index >= 15 is 0 Å². The highest BCUT2D eigenvalue weighted by atomic mass is 16.5. The van der Waals surface area contributed by atoms with Crippen molar-refractivity contribution in [2.75, 3.05) is 7.11 Å². The van der Waals surface area contributed by atoms with Gasteiger partial charge in [-0.3, -0.25) is 4.79 Å². The van der Waals surface area contributed by atoms with Crippen LogP contribution in [0.2, 0.25) is 0 Å². The van der Waals surface area contributed by atoms with Gasteiger partial charge in [-0.25, -0.2) is 0 Å². The average Bonchev–Trinajstić information content (AvgIpc) is 2.49. The molecule has 3 aromatic rings. The maximum atomic E-state index is 12.3. The molecule has 3 heteroatoms. The molecule has 21 heavy (non-hydrogen) atoms. The van der Waals surface area contributed by atoms with Crippen LogP contribution in [-0.4, -0.2) is 7.11 Å². The van der Waals surface area contributed by atoms with Gasteiger partial charge < -0.3 is 9.15 Å². The summed E-state index contributed by atoms with van der Waals surface area (Å²) in [4.78, 5) is 12.3. The maximum Gasteiger partial charge on any atom is 0.193 e. The van der Waals surface area contributed by atoms with Crippen molar-refractivity contribution in [1.29, 1.82) is 0 Å². The van der Waals surface area contributed by atoms with Crippen LogP contribution in [0.5, 0.6) is 5.75 Å². The lowest BCUT2D eigenvalue weighted by Crippen LogP contribution is -2.02. The number of aryl methyl sites for hydroxylation is 2. The predicted molar refractivity (Wildman–Crippen MR) is 83.9 cm³/mol. The van der Waals surface area contributed by atoms with Crippen molar-refractivity contribution in [1.82, 2.24) is 0 Å². The van der Waals surface area contributed by atoms with Gasteiger partial charge in [-0.1, -0.05) is 12.1 Å². The van der Waals surface area contributed by atoms with Crippen molar-refractivity contribution in [3.63, 3.8) is 0 Å². The lowest BCUT2D eigenvalue weighted by Gasteiger charge is -2.09. The van der Waals surface area contributed by atoms with Gasteiger partial charge in [-0.15, -0.1) is 0 Å². The Bertz CT molecular complexity index is 875. The summed E-state index contributed by atoms with van der Waals surface area (Å²) in [6.45, 7) is 3.99. The lowest BCUT2D eigenvalue weighted by molar-refractivity contribution is 0.415. The number of methoxy groups -OCH3 is 1. The van der Waals surface area contributed by atoms with Crippen LogP contribution in [0, 0.1) is 13.8 Å². The number of fused-ring (bicyclic) bond motifs is 1. The summed E-state index contributed by atoms with van der Waals surface area (Å²) < 4.78 is 11.3. The SMILES string of the molecule is COc1ccccc1-c1cc(=O)c2cc(C)c(C)cc2o1. The van der Waals surface area contributed by atoms with Crippen molar-refractivity contribution >= 4 is 11.0 Å². The Kier molecular flexibility index (Phi) is 3.26. The number of ether oxygens (including phenoxy) is 1. The smallest absolute Gasteiger partial charge is 0.193 e. The standard InChI is InChI=1S/C18H16O3/c1-11-8-14-15(19)10-18(21-17(14)9-12(11)2)13-6-4-5-7-16(13)20-3/h4-10H,1-3H3. The molecule has 0 saturated carbocycles. The average molecular weight is 280 g/mol. The third-order valence-corrected chi connectivity index (χ3v) is 3.72. The highest BCUT2D eigenvalue weighted by molar-refractivity contribution is 5.81. The molecule has 0 spiro atoms. The van der Waals surface area contributed by atoms with Crippen LogP contribution in [0.25, 0.3) is 22.3 Å². The molecule has 1 heterocycles. The minimum Gasteiger partial charge on any atom is -0.496 e. The second kappa shape index (κ2) is 5.09. The molecule has 3 rings (SSSR count). The summed E-state index contributed by atoms with van der Waals surface area (Å²) in [5.41, 5.74) is 3.52. The summed E-state index contributed by atoms with van der Waals surface area (Å²) in [7, 11) is 1.60. The second-order valence-corrected chi connectivity index (χ2v) is 5.11. The Balaban J connectivity index is 2.30. The van der Waals surface area contributed by atoms with Crippen LogP contribution in [0.1, 0.15) is 11.1 Å². The van der Waals surface area contributed by atoms with Crippen LogP contribution in [0.3, 0.4) is 0 Å². The fourth-order valence-electron chi connectivity index (χ4n) is 2.39. The van der Waals surface area contributed by atoms with Crippen LogP contribution < -0.4 is 10.2 Å². The minimum absolute atomic E-state index is 0.0414. The molecule has 0 radical (unpaired) electrons. The fraction of sp³-hybridized carbons (Fsp3) is 0.167. The number of benzene rings is 2. The fourth-order valence-corrected chi connectivity index (χ4v) is 2.39. The van der Waals surface area contributed by atoms with E-state index in [0.717, 1.165) is 16.7 Å². The molecule has 0 unspecified atom stereocenters. The quantitative estimate of drug-likeness (QED) is 0.710. The zero-order valence-electron chi connectivity index (χ0n) is 12.3. The predicted octanol–water partition coefficient (Wildman–Crippen LogP) is 4.09.